The summed E-state index contributed by atoms with van der Waals surface area (Å²) in [5.74, 6) is 0.213. The molecule has 0 spiro atoms. The molecule has 1 aromatic carbocycles. The van der Waals surface area contributed by atoms with E-state index in [1.807, 2.05) is 0 Å². The van der Waals surface area contributed by atoms with Gasteiger partial charge in [-0.25, -0.2) is 4.39 Å². The molecule has 1 unspecified atom stereocenters. The van der Waals surface area contributed by atoms with E-state index >= 15 is 0 Å². The molecular weight excluding hydrogens is 277 g/mol. The lowest BCUT2D eigenvalue weighted by Crippen LogP contribution is -2.45. The molecule has 0 radical (unpaired) electrons. The molecule has 20 heavy (non-hydrogen) atoms. The van der Waals surface area contributed by atoms with Crippen LogP contribution in [0.15, 0.2) is 48.2 Å². The molecule has 0 bridgehead atoms. The molecule has 0 saturated carbocycles. The maximum atomic E-state index is 13.6. The average molecular weight is 291 g/mol. The van der Waals surface area contributed by atoms with E-state index in [1.54, 1.807) is 41.3 Å². The van der Waals surface area contributed by atoms with Crippen LogP contribution in [0.5, 0.6) is 5.75 Å². The number of hydrogen-bond acceptors (Lipinski definition) is 3. The van der Waals surface area contributed by atoms with Gasteiger partial charge in [-0.3, -0.25) is 4.79 Å². The van der Waals surface area contributed by atoms with Crippen molar-refractivity contribution < 1.29 is 14.3 Å². The summed E-state index contributed by atoms with van der Waals surface area (Å²) >= 11 is 3.87. The van der Waals surface area contributed by atoms with E-state index in [9.17, 15) is 14.3 Å². The van der Waals surface area contributed by atoms with Gasteiger partial charge >= 0.3 is 0 Å². The third kappa shape index (κ3) is 2.33. The second kappa shape index (κ2) is 4.66. The smallest absolute Gasteiger partial charge is 0.230 e. The molecule has 1 amide bonds. The first-order valence-electron chi connectivity index (χ1n) is 6.38. The van der Waals surface area contributed by atoms with Crippen LogP contribution in [0, 0.1) is 0 Å². The Bertz CT molecular complexity index is 607. The molecule has 2 aliphatic rings. The first kappa shape index (κ1) is 13.2. The van der Waals surface area contributed by atoms with Gasteiger partial charge in [0.05, 0.1) is 12.5 Å². The van der Waals surface area contributed by atoms with Crippen LogP contribution in [0.3, 0.4) is 0 Å². The predicted molar refractivity (Wildman–Crippen MR) is 77.0 cm³/mol. The highest BCUT2D eigenvalue weighted by Gasteiger charge is 2.39. The molecule has 1 heterocycles. The molecule has 1 N–H and O–H groups in total. The van der Waals surface area contributed by atoms with E-state index in [0.717, 1.165) is 5.56 Å². The number of rotatable bonds is 2. The standard InChI is InChI=1S/C15H14FNO2S/c16-15(20)7-5-11(6-8-15)17-13(9-14(17)19)10-1-3-12(18)4-2-10/h1-7,13,18,20H,8-9H2/t13-,15?/m0/s1. The Morgan fingerprint density at radius 1 is 1.35 bits per heavy atom. The normalized spacial score (nSPS) is 29.1. The van der Waals surface area contributed by atoms with Gasteiger partial charge in [0.2, 0.25) is 5.91 Å². The van der Waals surface area contributed by atoms with Gasteiger partial charge in [-0.2, -0.15) is 0 Å². The molecule has 3 nitrogen and oxygen atoms in total. The van der Waals surface area contributed by atoms with Crippen molar-refractivity contribution in [2.75, 3.05) is 0 Å². The first-order valence-corrected chi connectivity index (χ1v) is 6.83. The fourth-order valence-corrected chi connectivity index (χ4v) is 2.65. The molecule has 104 valence electrons. The molecule has 1 aliphatic heterocycles. The summed E-state index contributed by atoms with van der Waals surface area (Å²) in [7, 11) is 0. The van der Waals surface area contributed by atoms with Gasteiger partial charge in [0.1, 0.15) is 5.75 Å². The van der Waals surface area contributed by atoms with E-state index in [2.05, 4.69) is 12.6 Å². The molecule has 3 rings (SSSR count). The van der Waals surface area contributed by atoms with Crippen LogP contribution in [-0.4, -0.2) is 20.9 Å². The maximum Gasteiger partial charge on any atom is 0.230 e. The van der Waals surface area contributed by atoms with Gasteiger partial charge in [0, 0.05) is 12.1 Å². The number of benzene rings is 1. The van der Waals surface area contributed by atoms with Crippen LogP contribution in [0.4, 0.5) is 4.39 Å². The Balaban J connectivity index is 1.82. The summed E-state index contributed by atoms with van der Waals surface area (Å²) in [5, 5.41) is 7.67. The Morgan fingerprint density at radius 3 is 2.60 bits per heavy atom. The number of likely N-dealkylation sites (tertiary alicyclic amines) is 1. The molecule has 5 heteroatoms. The van der Waals surface area contributed by atoms with Crippen LogP contribution in [0.2, 0.25) is 0 Å². The number of β-lactam (4-membered cyclic amide) rings is 1. The quantitative estimate of drug-likeness (QED) is 0.649. The number of halogens is 1. The van der Waals surface area contributed by atoms with Crippen LogP contribution < -0.4 is 0 Å². The van der Waals surface area contributed by atoms with Crippen molar-refractivity contribution in [3.63, 3.8) is 0 Å². The zero-order chi connectivity index (χ0) is 14.3. The van der Waals surface area contributed by atoms with Gasteiger partial charge in [0.25, 0.3) is 0 Å². The molecule has 1 fully saturated rings. The van der Waals surface area contributed by atoms with Crippen molar-refractivity contribution in [1.29, 1.82) is 0 Å². The van der Waals surface area contributed by atoms with Crippen molar-refractivity contribution in [3.8, 4) is 5.75 Å². The summed E-state index contributed by atoms with van der Waals surface area (Å²) in [6, 6.07) is 6.74. The van der Waals surface area contributed by atoms with Crippen LogP contribution in [0.1, 0.15) is 24.4 Å². The van der Waals surface area contributed by atoms with E-state index in [4.69, 9.17) is 0 Å². The minimum absolute atomic E-state index is 0.0181. The Kier molecular flexibility index (Phi) is 3.09. The number of phenols is 1. The van der Waals surface area contributed by atoms with Crippen LogP contribution in [-0.2, 0) is 4.79 Å². The topological polar surface area (TPSA) is 40.5 Å². The first-order chi connectivity index (χ1) is 9.46. The largest absolute Gasteiger partial charge is 0.508 e. The summed E-state index contributed by atoms with van der Waals surface area (Å²) in [4.78, 5) is 13.5. The number of alkyl halides is 1. The van der Waals surface area contributed by atoms with Crippen molar-refractivity contribution in [2.45, 2.75) is 23.9 Å². The number of carbonyl (C=O) groups excluding carboxylic acids is 1. The van der Waals surface area contributed by atoms with Crippen LogP contribution >= 0.6 is 12.6 Å². The number of phenolic OH excluding ortho intramolecular Hbond substituents is 1. The lowest BCUT2D eigenvalue weighted by atomic mass is 9.92. The summed E-state index contributed by atoms with van der Waals surface area (Å²) in [5.41, 5.74) is 1.67. The van der Waals surface area contributed by atoms with E-state index in [0.29, 0.717) is 12.1 Å². The van der Waals surface area contributed by atoms with Crippen molar-refractivity contribution in [1.82, 2.24) is 4.90 Å². The number of aromatic hydroxyl groups is 1. The number of hydrogen-bond donors (Lipinski definition) is 2. The second-order valence-corrected chi connectivity index (χ2v) is 5.80. The minimum atomic E-state index is -1.63. The minimum Gasteiger partial charge on any atom is -0.508 e. The van der Waals surface area contributed by atoms with Gasteiger partial charge in [-0.15, -0.1) is 12.6 Å². The fourth-order valence-electron chi connectivity index (χ4n) is 2.48. The zero-order valence-corrected chi connectivity index (χ0v) is 11.6. The lowest BCUT2D eigenvalue weighted by molar-refractivity contribution is -0.142. The molecule has 2 atom stereocenters. The molecule has 1 aromatic rings. The molecular formula is C15H14FNO2S. The lowest BCUT2D eigenvalue weighted by Gasteiger charge is -2.42. The van der Waals surface area contributed by atoms with Gasteiger partial charge in [-0.1, -0.05) is 18.2 Å². The fraction of sp³-hybridized carbons (Fsp3) is 0.267. The monoisotopic (exact) mass is 291 g/mol. The highest BCUT2D eigenvalue weighted by atomic mass is 32.1. The molecule has 1 aliphatic carbocycles. The highest BCUT2D eigenvalue weighted by Crippen LogP contribution is 2.40. The maximum absolute atomic E-state index is 13.6. The van der Waals surface area contributed by atoms with Crippen molar-refractivity contribution in [2.24, 2.45) is 0 Å². The number of nitrogens with zero attached hydrogens (tertiary/aromatic N) is 1. The Hall–Kier alpha value is -1.75. The predicted octanol–water partition coefficient (Wildman–Crippen LogP) is 3.11. The summed E-state index contributed by atoms with van der Waals surface area (Å²) in [6.45, 7) is 0. The average Bonchev–Trinajstić information content (AvgIpc) is 2.40. The van der Waals surface area contributed by atoms with E-state index < -0.39 is 5.00 Å². The zero-order valence-electron chi connectivity index (χ0n) is 10.7. The molecule has 1 saturated heterocycles. The molecule has 0 aromatic heterocycles. The Labute approximate surface area is 121 Å². The summed E-state index contributed by atoms with van der Waals surface area (Å²) < 4.78 is 13.6. The number of thiol groups is 1. The van der Waals surface area contributed by atoms with Crippen LogP contribution in [0.25, 0.3) is 0 Å². The number of amides is 1. The number of allylic oxidation sites excluding steroid dienone is 2. The second-order valence-electron chi connectivity index (χ2n) is 5.06. The van der Waals surface area contributed by atoms with Crippen molar-refractivity contribution in [3.05, 3.63) is 53.8 Å². The third-order valence-corrected chi connectivity index (χ3v) is 3.94. The third-order valence-electron chi connectivity index (χ3n) is 3.61. The van der Waals surface area contributed by atoms with Gasteiger partial charge in [-0.05, 0) is 29.8 Å². The SMILES string of the molecule is O=C1C[C@@H](c2ccc(O)cc2)N1C1=CCC(F)(S)C=C1. The van der Waals surface area contributed by atoms with Gasteiger partial charge in [0.15, 0.2) is 5.00 Å². The Morgan fingerprint density at radius 2 is 2.05 bits per heavy atom. The highest BCUT2D eigenvalue weighted by molar-refractivity contribution is 7.81. The number of carbonyl (C=O) groups is 1. The van der Waals surface area contributed by atoms with Crippen molar-refractivity contribution >= 4 is 18.5 Å². The van der Waals surface area contributed by atoms with E-state index in [1.165, 1.54) is 6.08 Å². The van der Waals surface area contributed by atoms with E-state index in [-0.39, 0.29) is 24.1 Å². The van der Waals surface area contributed by atoms with Gasteiger partial charge < -0.3 is 10.0 Å². The summed E-state index contributed by atoms with van der Waals surface area (Å²) in [6.07, 6.45) is 5.23.